The molecule has 0 bridgehead atoms. The Hall–Kier alpha value is -1.42. The first-order chi connectivity index (χ1) is 7.74. The van der Waals surface area contributed by atoms with Gasteiger partial charge in [0.15, 0.2) is 0 Å². The van der Waals surface area contributed by atoms with E-state index in [0.29, 0.717) is 6.42 Å². The van der Waals surface area contributed by atoms with Gasteiger partial charge in [-0.05, 0) is 24.0 Å². The number of aliphatic carboxylic acids is 1. The van der Waals surface area contributed by atoms with Crippen LogP contribution in [0.5, 0.6) is 0 Å². The van der Waals surface area contributed by atoms with E-state index in [1.165, 1.54) is 11.5 Å². The second-order valence-corrected chi connectivity index (χ2v) is 4.55. The van der Waals surface area contributed by atoms with Gasteiger partial charge in [0.1, 0.15) is 5.92 Å². The van der Waals surface area contributed by atoms with Crippen LogP contribution in [0.2, 0.25) is 0 Å². The second kappa shape index (κ2) is 4.61. The fraction of sp³-hybridized carbons (Fsp3) is 0.333. The largest absolute Gasteiger partial charge is 0.481 e. The fourth-order valence-electron chi connectivity index (χ4n) is 1.82. The van der Waals surface area contributed by atoms with Gasteiger partial charge in [-0.2, -0.15) is 4.37 Å². The zero-order valence-electron chi connectivity index (χ0n) is 9.01. The van der Waals surface area contributed by atoms with Crippen molar-refractivity contribution in [2.45, 2.75) is 25.7 Å². The highest BCUT2D eigenvalue weighted by atomic mass is 32.1. The molecule has 2 rings (SSSR count). The number of hydrogen-bond donors (Lipinski definition) is 1. The first-order valence-corrected chi connectivity index (χ1v) is 6.08. The zero-order chi connectivity index (χ0) is 11.5. The van der Waals surface area contributed by atoms with Gasteiger partial charge in [0.05, 0.1) is 10.4 Å². The maximum Gasteiger partial charge on any atom is 0.312 e. The van der Waals surface area contributed by atoms with Gasteiger partial charge < -0.3 is 5.11 Å². The Balaban J connectivity index is 2.48. The first-order valence-electron chi connectivity index (χ1n) is 5.31. The van der Waals surface area contributed by atoms with E-state index in [-0.39, 0.29) is 0 Å². The van der Waals surface area contributed by atoms with Crippen molar-refractivity contribution in [2.24, 2.45) is 0 Å². The fourth-order valence-corrected chi connectivity index (χ4v) is 2.66. The molecule has 0 aliphatic carbocycles. The Morgan fingerprint density at radius 2 is 2.25 bits per heavy atom. The van der Waals surface area contributed by atoms with Gasteiger partial charge >= 0.3 is 5.97 Å². The Morgan fingerprint density at radius 3 is 2.94 bits per heavy atom. The molecule has 0 aliphatic heterocycles. The van der Waals surface area contributed by atoms with Crippen LogP contribution in [-0.4, -0.2) is 15.4 Å². The Morgan fingerprint density at radius 1 is 1.50 bits per heavy atom. The van der Waals surface area contributed by atoms with E-state index in [4.69, 9.17) is 0 Å². The van der Waals surface area contributed by atoms with Crippen molar-refractivity contribution < 1.29 is 9.90 Å². The molecule has 0 fully saturated rings. The van der Waals surface area contributed by atoms with Gasteiger partial charge in [-0.3, -0.25) is 4.79 Å². The molecule has 0 saturated heterocycles. The predicted octanol–water partition coefficient (Wildman–Crippen LogP) is 3.26. The van der Waals surface area contributed by atoms with Crippen LogP contribution in [0.15, 0.2) is 24.3 Å². The number of carboxylic acid groups (broad SMARTS) is 1. The number of carboxylic acids is 1. The first kappa shape index (κ1) is 11.1. The molecule has 4 heteroatoms. The van der Waals surface area contributed by atoms with Crippen LogP contribution in [0.4, 0.5) is 0 Å². The molecule has 1 aromatic carbocycles. The van der Waals surface area contributed by atoms with E-state index >= 15 is 0 Å². The summed E-state index contributed by atoms with van der Waals surface area (Å²) in [5.74, 6) is -1.25. The third-order valence-electron chi connectivity index (χ3n) is 2.61. The summed E-state index contributed by atoms with van der Waals surface area (Å²) in [4.78, 5) is 11.2. The predicted molar refractivity (Wildman–Crippen MR) is 64.9 cm³/mol. The van der Waals surface area contributed by atoms with Gasteiger partial charge in [0.2, 0.25) is 0 Å². The molecule has 84 valence electrons. The van der Waals surface area contributed by atoms with Crippen LogP contribution in [0.1, 0.15) is 31.4 Å². The summed E-state index contributed by atoms with van der Waals surface area (Å²) in [5.41, 5.74) is 0.718. The van der Waals surface area contributed by atoms with Gasteiger partial charge in [0, 0.05) is 5.39 Å². The normalized spacial score (nSPS) is 12.8. The standard InChI is InChI=1S/C12H13NO2S/c1-2-5-9(12(14)15)11-8-6-3-4-7-10(8)16-13-11/h3-4,6-7,9H,2,5H2,1H3,(H,14,15). The van der Waals surface area contributed by atoms with Crippen molar-refractivity contribution in [2.75, 3.05) is 0 Å². The van der Waals surface area contributed by atoms with Crippen LogP contribution in [-0.2, 0) is 4.79 Å². The van der Waals surface area contributed by atoms with E-state index in [1.807, 2.05) is 31.2 Å². The molecule has 16 heavy (non-hydrogen) atoms. The minimum atomic E-state index is -0.780. The molecule has 2 aromatic rings. The summed E-state index contributed by atoms with van der Waals surface area (Å²) in [6.45, 7) is 1.99. The monoisotopic (exact) mass is 235 g/mol. The van der Waals surface area contributed by atoms with Crippen LogP contribution in [0, 0.1) is 0 Å². The average Bonchev–Trinajstić information content (AvgIpc) is 2.69. The van der Waals surface area contributed by atoms with E-state index in [2.05, 4.69) is 4.37 Å². The highest BCUT2D eigenvalue weighted by molar-refractivity contribution is 7.13. The number of benzene rings is 1. The summed E-state index contributed by atoms with van der Waals surface area (Å²) < 4.78 is 5.35. The molecule has 3 nitrogen and oxygen atoms in total. The van der Waals surface area contributed by atoms with E-state index in [1.54, 1.807) is 0 Å². The SMILES string of the molecule is CCCC(C(=O)O)c1nsc2ccccc12. The number of fused-ring (bicyclic) bond motifs is 1. The molecule has 0 saturated carbocycles. The molecule has 0 aliphatic rings. The van der Waals surface area contributed by atoms with Crippen molar-refractivity contribution in [1.29, 1.82) is 0 Å². The molecular weight excluding hydrogens is 222 g/mol. The van der Waals surface area contributed by atoms with Crippen molar-refractivity contribution >= 4 is 27.6 Å². The lowest BCUT2D eigenvalue weighted by atomic mass is 9.97. The van der Waals surface area contributed by atoms with E-state index in [0.717, 1.165) is 22.2 Å². The highest BCUT2D eigenvalue weighted by Gasteiger charge is 2.23. The maximum absolute atomic E-state index is 11.2. The number of hydrogen-bond acceptors (Lipinski definition) is 3. The van der Waals surface area contributed by atoms with Crippen LogP contribution in [0.3, 0.4) is 0 Å². The number of nitrogens with zero attached hydrogens (tertiary/aromatic N) is 1. The molecule has 1 aromatic heterocycles. The number of rotatable bonds is 4. The topological polar surface area (TPSA) is 50.2 Å². The van der Waals surface area contributed by atoms with Crippen LogP contribution >= 0.6 is 11.5 Å². The van der Waals surface area contributed by atoms with Crippen LogP contribution in [0.25, 0.3) is 10.1 Å². The summed E-state index contributed by atoms with van der Waals surface area (Å²) in [5, 5.41) is 10.2. The minimum Gasteiger partial charge on any atom is -0.481 e. The lowest BCUT2D eigenvalue weighted by molar-refractivity contribution is -0.139. The molecule has 0 spiro atoms. The maximum atomic E-state index is 11.2. The van der Waals surface area contributed by atoms with Crippen molar-refractivity contribution in [1.82, 2.24) is 4.37 Å². The van der Waals surface area contributed by atoms with Gasteiger partial charge in [-0.15, -0.1) is 0 Å². The average molecular weight is 235 g/mol. The Labute approximate surface area is 97.9 Å². The molecule has 1 unspecified atom stereocenters. The third-order valence-corrected chi connectivity index (χ3v) is 3.45. The molecule has 1 N–H and O–H groups in total. The molecule has 1 heterocycles. The number of carbonyl (C=O) groups is 1. The Kier molecular flexibility index (Phi) is 3.19. The van der Waals surface area contributed by atoms with Crippen molar-refractivity contribution in [3.8, 4) is 0 Å². The van der Waals surface area contributed by atoms with E-state index < -0.39 is 11.9 Å². The second-order valence-electron chi connectivity index (χ2n) is 3.74. The summed E-state index contributed by atoms with van der Waals surface area (Å²) in [6, 6.07) is 7.78. The smallest absolute Gasteiger partial charge is 0.312 e. The van der Waals surface area contributed by atoms with Gasteiger partial charge in [-0.1, -0.05) is 31.5 Å². The lowest BCUT2D eigenvalue weighted by Gasteiger charge is -2.08. The lowest BCUT2D eigenvalue weighted by Crippen LogP contribution is -2.11. The highest BCUT2D eigenvalue weighted by Crippen LogP contribution is 2.30. The zero-order valence-corrected chi connectivity index (χ0v) is 9.83. The van der Waals surface area contributed by atoms with E-state index in [9.17, 15) is 9.90 Å². The van der Waals surface area contributed by atoms with Crippen LogP contribution < -0.4 is 0 Å². The summed E-state index contributed by atoms with van der Waals surface area (Å²) in [6.07, 6.45) is 1.49. The minimum absolute atomic E-state index is 0.471. The summed E-state index contributed by atoms with van der Waals surface area (Å²) >= 11 is 1.37. The molecule has 0 radical (unpaired) electrons. The third kappa shape index (κ3) is 1.93. The molecular formula is C12H13NO2S. The number of aromatic nitrogens is 1. The van der Waals surface area contributed by atoms with Crippen molar-refractivity contribution in [3.63, 3.8) is 0 Å². The quantitative estimate of drug-likeness (QED) is 0.884. The summed E-state index contributed by atoms with van der Waals surface area (Å²) in [7, 11) is 0. The molecule has 0 amide bonds. The van der Waals surface area contributed by atoms with Gasteiger partial charge in [0.25, 0.3) is 0 Å². The Bertz CT molecular complexity index is 506. The van der Waals surface area contributed by atoms with Crippen molar-refractivity contribution in [3.05, 3.63) is 30.0 Å². The molecule has 1 atom stereocenters. The van der Waals surface area contributed by atoms with Gasteiger partial charge in [-0.25, -0.2) is 0 Å².